The normalized spacial score (nSPS) is 11.7. The molecule has 0 atom stereocenters. The van der Waals surface area contributed by atoms with E-state index in [0.717, 1.165) is 10.9 Å². The fourth-order valence-electron chi connectivity index (χ4n) is 1.93. The summed E-state index contributed by atoms with van der Waals surface area (Å²) in [5.41, 5.74) is 1.20. The van der Waals surface area contributed by atoms with Gasteiger partial charge in [-0.2, -0.15) is 0 Å². The first-order chi connectivity index (χ1) is 8.29. The second kappa shape index (κ2) is 4.02. The first-order valence-electron chi connectivity index (χ1n) is 5.79. The van der Waals surface area contributed by atoms with Crippen LogP contribution in [0, 0.1) is 0 Å². The molecule has 0 amide bonds. The standard InChI is InChI=1S/C15H16O3/c1-15(2,3)11-5-4-9-6-10(14(17)18)7-13(16)12(9)8-11/h4-8,16H,1-3H3,(H,17,18). The molecular weight excluding hydrogens is 228 g/mol. The van der Waals surface area contributed by atoms with Gasteiger partial charge in [-0.1, -0.05) is 32.9 Å². The van der Waals surface area contributed by atoms with Crippen LogP contribution in [-0.4, -0.2) is 16.2 Å². The van der Waals surface area contributed by atoms with Gasteiger partial charge in [0.25, 0.3) is 0 Å². The molecule has 0 saturated carbocycles. The Bertz CT molecular complexity index is 621. The van der Waals surface area contributed by atoms with Gasteiger partial charge in [-0.05, 0) is 34.6 Å². The lowest BCUT2D eigenvalue weighted by atomic mass is 9.85. The predicted molar refractivity (Wildman–Crippen MR) is 71.3 cm³/mol. The van der Waals surface area contributed by atoms with Crippen LogP contribution in [0.2, 0.25) is 0 Å². The van der Waals surface area contributed by atoms with E-state index in [1.54, 1.807) is 6.07 Å². The summed E-state index contributed by atoms with van der Waals surface area (Å²) in [5.74, 6) is -1.02. The number of hydrogen-bond donors (Lipinski definition) is 2. The summed E-state index contributed by atoms with van der Waals surface area (Å²) in [6.45, 7) is 6.28. The minimum atomic E-state index is -1.04. The van der Waals surface area contributed by atoms with Crippen molar-refractivity contribution < 1.29 is 15.0 Å². The molecule has 0 bridgehead atoms. The lowest BCUT2D eigenvalue weighted by molar-refractivity contribution is 0.0696. The number of fused-ring (bicyclic) bond motifs is 1. The van der Waals surface area contributed by atoms with Crippen LogP contribution >= 0.6 is 0 Å². The minimum Gasteiger partial charge on any atom is -0.507 e. The van der Waals surface area contributed by atoms with Gasteiger partial charge in [0.15, 0.2) is 0 Å². The van der Waals surface area contributed by atoms with Gasteiger partial charge in [0.1, 0.15) is 5.75 Å². The Labute approximate surface area is 106 Å². The molecule has 94 valence electrons. The van der Waals surface area contributed by atoms with Gasteiger partial charge in [-0.3, -0.25) is 0 Å². The molecule has 2 rings (SSSR count). The van der Waals surface area contributed by atoms with Crippen LogP contribution in [-0.2, 0) is 5.41 Å². The summed E-state index contributed by atoms with van der Waals surface area (Å²) < 4.78 is 0. The molecule has 0 radical (unpaired) electrons. The minimum absolute atomic E-state index is 0.00784. The van der Waals surface area contributed by atoms with Crippen molar-refractivity contribution in [2.45, 2.75) is 26.2 Å². The summed E-state index contributed by atoms with van der Waals surface area (Å²) in [4.78, 5) is 10.9. The van der Waals surface area contributed by atoms with Gasteiger partial charge in [0.05, 0.1) is 5.56 Å². The average Bonchev–Trinajstić information content (AvgIpc) is 2.27. The number of rotatable bonds is 1. The Hall–Kier alpha value is -2.03. The maximum absolute atomic E-state index is 10.9. The zero-order valence-corrected chi connectivity index (χ0v) is 10.7. The molecule has 0 spiro atoms. The van der Waals surface area contributed by atoms with Crippen LogP contribution in [0.4, 0.5) is 0 Å². The summed E-state index contributed by atoms with van der Waals surface area (Å²) in [5, 5.41) is 20.3. The number of carboxylic acid groups (broad SMARTS) is 1. The Morgan fingerprint density at radius 2 is 1.78 bits per heavy atom. The summed E-state index contributed by atoms with van der Waals surface area (Å²) in [7, 11) is 0. The summed E-state index contributed by atoms with van der Waals surface area (Å²) in [6.07, 6.45) is 0. The quantitative estimate of drug-likeness (QED) is 0.806. The largest absolute Gasteiger partial charge is 0.507 e. The maximum Gasteiger partial charge on any atom is 0.335 e. The van der Waals surface area contributed by atoms with Crippen molar-refractivity contribution in [1.29, 1.82) is 0 Å². The van der Waals surface area contributed by atoms with Crippen molar-refractivity contribution in [3.8, 4) is 5.75 Å². The lowest BCUT2D eigenvalue weighted by Gasteiger charge is -2.19. The van der Waals surface area contributed by atoms with E-state index in [4.69, 9.17) is 5.11 Å². The Morgan fingerprint density at radius 3 is 2.33 bits per heavy atom. The molecule has 18 heavy (non-hydrogen) atoms. The van der Waals surface area contributed by atoms with Gasteiger partial charge in [0, 0.05) is 5.39 Å². The monoisotopic (exact) mass is 244 g/mol. The molecule has 0 aliphatic heterocycles. The summed E-state index contributed by atoms with van der Waals surface area (Å²) >= 11 is 0. The maximum atomic E-state index is 10.9. The van der Waals surface area contributed by atoms with Crippen LogP contribution < -0.4 is 0 Å². The van der Waals surface area contributed by atoms with Crippen molar-refractivity contribution in [2.24, 2.45) is 0 Å². The predicted octanol–water partition coefficient (Wildman–Crippen LogP) is 3.54. The van der Waals surface area contributed by atoms with Crippen LogP contribution in [0.3, 0.4) is 0 Å². The molecule has 2 aromatic carbocycles. The molecule has 0 aliphatic carbocycles. The molecule has 3 heteroatoms. The fraction of sp³-hybridized carbons (Fsp3) is 0.267. The van der Waals surface area contributed by atoms with Crippen molar-refractivity contribution in [3.05, 3.63) is 41.5 Å². The van der Waals surface area contributed by atoms with Crippen LogP contribution in [0.25, 0.3) is 10.8 Å². The molecule has 2 N–H and O–H groups in total. The molecule has 3 nitrogen and oxygen atoms in total. The van der Waals surface area contributed by atoms with E-state index in [-0.39, 0.29) is 16.7 Å². The number of phenolic OH excluding ortho intramolecular Hbond substituents is 1. The van der Waals surface area contributed by atoms with Crippen LogP contribution in [0.15, 0.2) is 30.3 Å². The number of aromatic carboxylic acids is 1. The molecule has 0 saturated heterocycles. The molecule has 0 heterocycles. The highest BCUT2D eigenvalue weighted by atomic mass is 16.4. The Morgan fingerprint density at radius 1 is 1.11 bits per heavy atom. The highest BCUT2D eigenvalue weighted by Gasteiger charge is 2.15. The van der Waals surface area contributed by atoms with Crippen molar-refractivity contribution in [1.82, 2.24) is 0 Å². The number of carbonyl (C=O) groups is 1. The third kappa shape index (κ3) is 2.16. The second-order valence-electron chi connectivity index (χ2n) is 5.49. The smallest absolute Gasteiger partial charge is 0.335 e. The number of aromatic hydroxyl groups is 1. The molecule has 0 aromatic heterocycles. The second-order valence-corrected chi connectivity index (χ2v) is 5.49. The number of hydrogen-bond acceptors (Lipinski definition) is 2. The van der Waals surface area contributed by atoms with Gasteiger partial charge in [-0.25, -0.2) is 4.79 Å². The average molecular weight is 244 g/mol. The van der Waals surface area contributed by atoms with Gasteiger partial charge in [-0.15, -0.1) is 0 Å². The number of benzene rings is 2. The van der Waals surface area contributed by atoms with Crippen LogP contribution in [0.5, 0.6) is 5.75 Å². The van der Waals surface area contributed by atoms with E-state index >= 15 is 0 Å². The van der Waals surface area contributed by atoms with Crippen molar-refractivity contribution in [3.63, 3.8) is 0 Å². The van der Waals surface area contributed by atoms with E-state index in [1.807, 2.05) is 18.2 Å². The Balaban J connectivity index is 2.69. The van der Waals surface area contributed by atoms with Gasteiger partial charge < -0.3 is 10.2 Å². The molecule has 0 fully saturated rings. The lowest BCUT2D eigenvalue weighted by Crippen LogP contribution is -2.10. The first-order valence-corrected chi connectivity index (χ1v) is 5.79. The molecular formula is C15H16O3. The van der Waals surface area contributed by atoms with E-state index in [0.29, 0.717) is 5.39 Å². The molecule has 0 aliphatic rings. The first kappa shape index (κ1) is 12.4. The number of phenols is 1. The SMILES string of the molecule is CC(C)(C)c1ccc2cc(C(=O)O)cc(O)c2c1. The zero-order chi connectivity index (χ0) is 13.5. The van der Waals surface area contributed by atoms with Crippen molar-refractivity contribution in [2.75, 3.05) is 0 Å². The van der Waals surface area contributed by atoms with E-state index in [2.05, 4.69) is 20.8 Å². The number of carboxylic acids is 1. The van der Waals surface area contributed by atoms with E-state index in [1.165, 1.54) is 6.07 Å². The topological polar surface area (TPSA) is 57.5 Å². The third-order valence-electron chi connectivity index (χ3n) is 3.05. The Kier molecular flexibility index (Phi) is 2.77. The third-order valence-corrected chi connectivity index (χ3v) is 3.05. The fourth-order valence-corrected chi connectivity index (χ4v) is 1.93. The van der Waals surface area contributed by atoms with E-state index < -0.39 is 5.97 Å². The van der Waals surface area contributed by atoms with Crippen LogP contribution in [0.1, 0.15) is 36.7 Å². The zero-order valence-electron chi connectivity index (χ0n) is 10.7. The highest BCUT2D eigenvalue weighted by Crippen LogP contribution is 2.31. The van der Waals surface area contributed by atoms with Gasteiger partial charge in [0.2, 0.25) is 0 Å². The molecule has 2 aromatic rings. The van der Waals surface area contributed by atoms with Gasteiger partial charge >= 0.3 is 5.97 Å². The van der Waals surface area contributed by atoms with Crippen molar-refractivity contribution >= 4 is 16.7 Å². The van der Waals surface area contributed by atoms with E-state index in [9.17, 15) is 9.90 Å². The summed E-state index contributed by atoms with van der Waals surface area (Å²) in [6, 6.07) is 8.59. The highest BCUT2D eigenvalue weighted by molar-refractivity contribution is 5.97. The molecule has 0 unspecified atom stereocenters.